The van der Waals surface area contributed by atoms with Gasteiger partial charge in [-0.2, -0.15) is 0 Å². The first-order chi connectivity index (χ1) is 9.74. The fourth-order valence-corrected chi connectivity index (χ4v) is 2.47. The molecule has 0 N–H and O–H groups in total. The number of piperidine rings is 1. The Kier molecular flexibility index (Phi) is 5.27. The van der Waals surface area contributed by atoms with Gasteiger partial charge in [-0.1, -0.05) is 13.0 Å². The average molecular weight is 277 g/mol. The van der Waals surface area contributed by atoms with Crippen molar-refractivity contribution < 1.29 is 14.3 Å². The van der Waals surface area contributed by atoms with E-state index in [4.69, 9.17) is 9.47 Å². The van der Waals surface area contributed by atoms with Crippen molar-refractivity contribution in [1.29, 1.82) is 0 Å². The Morgan fingerprint density at radius 2 is 1.95 bits per heavy atom. The van der Waals surface area contributed by atoms with Crippen LogP contribution in [0.2, 0.25) is 0 Å². The first kappa shape index (κ1) is 14.7. The average Bonchev–Trinajstić information content (AvgIpc) is 2.53. The monoisotopic (exact) mass is 277 g/mol. The molecule has 1 atom stereocenters. The maximum Gasteiger partial charge on any atom is 0.263 e. The highest BCUT2D eigenvalue weighted by Crippen LogP contribution is 2.22. The maximum absolute atomic E-state index is 12.5. The van der Waals surface area contributed by atoms with Gasteiger partial charge in [0.25, 0.3) is 5.91 Å². The highest BCUT2D eigenvalue weighted by atomic mass is 16.5. The van der Waals surface area contributed by atoms with E-state index in [1.165, 1.54) is 6.42 Å². The van der Waals surface area contributed by atoms with Crippen LogP contribution in [-0.4, -0.2) is 37.1 Å². The maximum atomic E-state index is 12.5. The van der Waals surface area contributed by atoms with Crippen LogP contribution in [-0.2, 0) is 4.79 Å². The van der Waals surface area contributed by atoms with Crippen LogP contribution in [0.1, 0.15) is 32.6 Å². The highest BCUT2D eigenvalue weighted by Gasteiger charge is 2.25. The minimum absolute atomic E-state index is 0.106. The molecule has 0 aromatic heterocycles. The van der Waals surface area contributed by atoms with E-state index in [0.717, 1.165) is 31.7 Å². The minimum Gasteiger partial charge on any atom is -0.497 e. The van der Waals surface area contributed by atoms with E-state index in [9.17, 15) is 4.79 Å². The lowest BCUT2D eigenvalue weighted by atomic mass is 10.1. The van der Waals surface area contributed by atoms with Gasteiger partial charge in [0.05, 0.1) is 7.11 Å². The van der Waals surface area contributed by atoms with Gasteiger partial charge in [-0.05, 0) is 37.8 Å². The quantitative estimate of drug-likeness (QED) is 0.830. The summed E-state index contributed by atoms with van der Waals surface area (Å²) in [5, 5.41) is 0. The van der Waals surface area contributed by atoms with Gasteiger partial charge in [-0.25, -0.2) is 0 Å². The summed E-state index contributed by atoms with van der Waals surface area (Å²) in [6.07, 6.45) is 3.69. The molecular formula is C16H23NO3. The molecule has 2 rings (SSSR count). The van der Waals surface area contributed by atoms with Crippen LogP contribution in [0.3, 0.4) is 0 Å². The minimum atomic E-state index is -0.403. The smallest absolute Gasteiger partial charge is 0.263 e. The molecule has 4 heteroatoms. The van der Waals surface area contributed by atoms with Crippen molar-refractivity contribution in [2.24, 2.45) is 0 Å². The molecule has 1 aromatic rings. The summed E-state index contributed by atoms with van der Waals surface area (Å²) in [5.74, 6) is 1.53. The van der Waals surface area contributed by atoms with Gasteiger partial charge < -0.3 is 14.4 Å². The number of carbonyl (C=O) groups is 1. The first-order valence-corrected chi connectivity index (χ1v) is 7.34. The summed E-state index contributed by atoms with van der Waals surface area (Å²) in [6.45, 7) is 3.69. The number of methoxy groups -OCH3 is 1. The lowest BCUT2D eigenvalue weighted by Crippen LogP contribution is -2.44. The third kappa shape index (κ3) is 3.65. The number of ether oxygens (including phenoxy) is 2. The molecule has 4 nitrogen and oxygen atoms in total. The Balaban J connectivity index is 2.01. The zero-order valence-electron chi connectivity index (χ0n) is 12.3. The molecular weight excluding hydrogens is 254 g/mol. The summed E-state index contributed by atoms with van der Waals surface area (Å²) in [7, 11) is 1.62. The predicted molar refractivity (Wildman–Crippen MR) is 78.1 cm³/mol. The number of amides is 1. The molecule has 0 saturated carbocycles. The zero-order chi connectivity index (χ0) is 14.4. The fraction of sp³-hybridized carbons (Fsp3) is 0.562. The molecule has 0 unspecified atom stereocenters. The van der Waals surface area contributed by atoms with Crippen LogP contribution >= 0.6 is 0 Å². The molecule has 0 radical (unpaired) electrons. The van der Waals surface area contributed by atoms with E-state index < -0.39 is 6.10 Å². The highest BCUT2D eigenvalue weighted by molar-refractivity contribution is 5.81. The molecule has 1 aliphatic rings. The number of likely N-dealkylation sites (tertiary alicyclic amines) is 1. The third-order valence-corrected chi connectivity index (χ3v) is 3.63. The number of nitrogens with zero attached hydrogens (tertiary/aromatic N) is 1. The van der Waals surface area contributed by atoms with Crippen LogP contribution in [0.25, 0.3) is 0 Å². The summed E-state index contributed by atoms with van der Waals surface area (Å²) < 4.78 is 11.0. The van der Waals surface area contributed by atoms with E-state index in [1.807, 2.05) is 36.1 Å². The fourth-order valence-electron chi connectivity index (χ4n) is 2.47. The van der Waals surface area contributed by atoms with E-state index in [0.29, 0.717) is 12.2 Å². The molecule has 0 bridgehead atoms. The van der Waals surface area contributed by atoms with Crippen LogP contribution < -0.4 is 9.47 Å². The molecule has 20 heavy (non-hydrogen) atoms. The van der Waals surface area contributed by atoms with E-state index in [-0.39, 0.29) is 5.91 Å². The second-order valence-electron chi connectivity index (χ2n) is 5.08. The van der Waals surface area contributed by atoms with E-state index in [1.54, 1.807) is 7.11 Å². The standard InChI is InChI=1S/C16H23NO3/c1-3-15(16(18)17-10-5-4-6-11-17)20-14-9-7-8-13(12-14)19-2/h7-9,12,15H,3-6,10-11H2,1-2H3/t15-/m1/s1. The number of hydrogen-bond acceptors (Lipinski definition) is 3. The van der Waals surface area contributed by atoms with E-state index >= 15 is 0 Å². The van der Waals surface area contributed by atoms with Gasteiger partial charge in [-0.3, -0.25) is 4.79 Å². The summed E-state index contributed by atoms with van der Waals surface area (Å²) in [5.41, 5.74) is 0. The van der Waals surface area contributed by atoms with Gasteiger partial charge in [0, 0.05) is 19.2 Å². The van der Waals surface area contributed by atoms with E-state index in [2.05, 4.69) is 0 Å². The van der Waals surface area contributed by atoms with Crippen molar-refractivity contribution in [3.8, 4) is 11.5 Å². The lowest BCUT2D eigenvalue weighted by Gasteiger charge is -2.30. The summed E-state index contributed by atoms with van der Waals surface area (Å²) >= 11 is 0. The van der Waals surface area contributed by atoms with Gasteiger partial charge in [0.15, 0.2) is 6.10 Å². The second kappa shape index (κ2) is 7.17. The predicted octanol–water partition coefficient (Wildman–Crippen LogP) is 2.87. The zero-order valence-corrected chi connectivity index (χ0v) is 12.3. The van der Waals surface area contributed by atoms with Gasteiger partial charge in [0.2, 0.25) is 0 Å². The van der Waals surface area contributed by atoms with Crippen LogP contribution in [0.15, 0.2) is 24.3 Å². The third-order valence-electron chi connectivity index (χ3n) is 3.63. The van der Waals surface area contributed by atoms with Crippen LogP contribution in [0.5, 0.6) is 11.5 Å². The van der Waals surface area contributed by atoms with Crippen LogP contribution in [0, 0.1) is 0 Å². The van der Waals surface area contributed by atoms with Gasteiger partial charge >= 0.3 is 0 Å². The van der Waals surface area contributed by atoms with Crippen molar-refractivity contribution in [2.75, 3.05) is 20.2 Å². The molecule has 110 valence electrons. The lowest BCUT2D eigenvalue weighted by molar-refractivity contribution is -0.139. The second-order valence-corrected chi connectivity index (χ2v) is 5.08. The van der Waals surface area contributed by atoms with Crippen molar-refractivity contribution >= 4 is 5.91 Å². The number of rotatable bonds is 5. The largest absolute Gasteiger partial charge is 0.497 e. The van der Waals surface area contributed by atoms with Crippen molar-refractivity contribution in [3.63, 3.8) is 0 Å². The summed E-state index contributed by atoms with van der Waals surface area (Å²) in [6, 6.07) is 7.40. The summed E-state index contributed by atoms with van der Waals surface area (Å²) in [4.78, 5) is 14.4. The Morgan fingerprint density at radius 3 is 2.60 bits per heavy atom. The van der Waals surface area contributed by atoms with Crippen molar-refractivity contribution in [2.45, 2.75) is 38.7 Å². The Labute approximate surface area is 120 Å². The topological polar surface area (TPSA) is 38.8 Å². The van der Waals surface area contributed by atoms with Crippen molar-refractivity contribution in [1.82, 2.24) is 4.90 Å². The van der Waals surface area contributed by atoms with Crippen molar-refractivity contribution in [3.05, 3.63) is 24.3 Å². The number of benzene rings is 1. The van der Waals surface area contributed by atoms with Gasteiger partial charge in [0.1, 0.15) is 11.5 Å². The molecule has 1 amide bonds. The molecule has 0 spiro atoms. The Hall–Kier alpha value is -1.71. The molecule has 1 aromatic carbocycles. The Bertz CT molecular complexity index is 441. The normalized spacial score (nSPS) is 16.6. The first-order valence-electron chi connectivity index (χ1n) is 7.34. The molecule has 0 aliphatic carbocycles. The number of hydrogen-bond donors (Lipinski definition) is 0. The molecule has 1 aliphatic heterocycles. The Morgan fingerprint density at radius 1 is 1.25 bits per heavy atom. The molecule has 1 heterocycles. The SMILES string of the molecule is CC[C@@H](Oc1cccc(OC)c1)C(=O)N1CCCCC1. The van der Waals surface area contributed by atoms with Gasteiger partial charge in [-0.15, -0.1) is 0 Å². The van der Waals surface area contributed by atoms with Crippen LogP contribution in [0.4, 0.5) is 0 Å². The number of carbonyl (C=O) groups excluding carboxylic acids is 1. The molecule has 1 fully saturated rings. The molecule has 1 saturated heterocycles.